The Morgan fingerprint density at radius 3 is 2.59 bits per heavy atom. The highest BCUT2D eigenvalue weighted by atomic mass is 32.2. The fraction of sp³-hybridized carbons (Fsp3) is 0.200. The number of carbonyl (C=O) groups is 1. The Hall–Kier alpha value is -2.91. The minimum Gasteiger partial charge on any atom is -0.493 e. The van der Waals surface area contributed by atoms with Gasteiger partial charge in [-0.1, -0.05) is 18.2 Å². The Morgan fingerprint density at radius 1 is 1.14 bits per heavy atom. The third-order valence-electron chi connectivity index (χ3n) is 4.00. The topological polar surface area (TPSA) is 97.4 Å². The van der Waals surface area contributed by atoms with Crippen LogP contribution in [0.25, 0.3) is 0 Å². The first-order chi connectivity index (χ1) is 13.9. The zero-order valence-electron chi connectivity index (χ0n) is 15.8. The zero-order valence-corrected chi connectivity index (χ0v) is 17.4. The molecule has 0 saturated heterocycles. The summed E-state index contributed by atoms with van der Waals surface area (Å²) in [6.07, 6.45) is 2.40. The van der Waals surface area contributed by atoms with E-state index in [-0.39, 0.29) is 10.8 Å². The van der Waals surface area contributed by atoms with Gasteiger partial charge >= 0.3 is 0 Å². The second-order valence-electron chi connectivity index (χ2n) is 6.23. The van der Waals surface area contributed by atoms with Crippen molar-refractivity contribution in [3.05, 3.63) is 65.7 Å². The minimum atomic E-state index is -3.71. The molecule has 3 rings (SSSR count). The number of ether oxygens (including phenoxy) is 1. The van der Waals surface area contributed by atoms with Crippen molar-refractivity contribution in [2.45, 2.75) is 24.7 Å². The molecule has 0 aliphatic rings. The van der Waals surface area contributed by atoms with Crippen molar-refractivity contribution in [2.75, 3.05) is 16.6 Å². The number of thiazole rings is 1. The Labute approximate surface area is 173 Å². The lowest BCUT2D eigenvalue weighted by atomic mass is 10.2. The van der Waals surface area contributed by atoms with Crippen LogP contribution < -0.4 is 14.8 Å². The number of benzene rings is 2. The van der Waals surface area contributed by atoms with Crippen molar-refractivity contribution in [3.8, 4) is 5.75 Å². The van der Waals surface area contributed by atoms with Crippen LogP contribution in [0.5, 0.6) is 5.75 Å². The van der Waals surface area contributed by atoms with Gasteiger partial charge in [0.1, 0.15) is 5.75 Å². The van der Waals surface area contributed by atoms with Crippen molar-refractivity contribution < 1.29 is 17.9 Å². The summed E-state index contributed by atoms with van der Waals surface area (Å²) in [6.45, 7) is 2.41. The van der Waals surface area contributed by atoms with Crippen molar-refractivity contribution in [1.29, 1.82) is 0 Å². The van der Waals surface area contributed by atoms with Crippen LogP contribution in [-0.2, 0) is 14.8 Å². The third kappa shape index (κ3) is 6.03. The first-order valence-corrected chi connectivity index (χ1v) is 11.3. The van der Waals surface area contributed by atoms with E-state index < -0.39 is 10.0 Å². The number of hydrogen-bond acceptors (Lipinski definition) is 6. The fourth-order valence-corrected chi connectivity index (χ4v) is 4.31. The molecule has 2 N–H and O–H groups in total. The predicted octanol–water partition coefficient (Wildman–Crippen LogP) is 4.05. The van der Waals surface area contributed by atoms with Crippen LogP contribution in [-0.4, -0.2) is 25.9 Å². The molecule has 0 bridgehead atoms. The maximum Gasteiger partial charge on any atom is 0.263 e. The summed E-state index contributed by atoms with van der Waals surface area (Å²) in [5.74, 6) is 0.658. The molecule has 3 aromatic rings. The summed E-state index contributed by atoms with van der Waals surface area (Å²) in [5, 5.41) is 4.74. The van der Waals surface area contributed by atoms with Gasteiger partial charge in [0.25, 0.3) is 10.0 Å². The molecular weight excluding hydrogens is 410 g/mol. The standard InChI is InChI=1S/C20H21N3O4S2/c1-15-5-2-3-6-18(15)27-13-4-7-19(24)22-16-8-10-17(11-9-16)29(25,26)23-20-21-12-14-28-20/h2-3,5-6,8-12,14H,4,7,13H2,1H3,(H,21,23)(H,22,24). The van der Waals surface area contributed by atoms with Gasteiger partial charge in [0.05, 0.1) is 11.5 Å². The molecule has 9 heteroatoms. The molecule has 2 aromatic carbocycles. The Morgan fingerprint density at radius 2 is 1.90 bits per heavy atom. The van der Waals surface area contributed by atoms with Gasteiger partial charge in [0, 0.05) is 23.7 Å². The van der Waals surface area contributed by atoms with Gasteiger partial charge in [-0.05, 0) is 49.2 Å². The summed E-state index contributed by atoms with van der Waals surface area (Å²) >= 11 is 1.20. The van der Waals surface area contributed by atoms with Crippen molar-refractivity contribution in [1.82, 2.24) is 4.98 Å². The second kappa shape index (κ2) is 9.53. The number of aryl methyl sites for hydroxylation is 1. The normalized spacial score (nSPS) is 11.1. The van der Waals surface area contributed by atoms with Crippen LogP contribution in [0.4, 0.5) is 10.8 Å². The maximum absolute atomic E-state index is 12.3. The molecule has 0 aliphatic heterocycles. The van der Waals surface area contributed by atoms with Gasteiger partial charge in [-0.25, -0.2) is 13.4 Å². The van der Waals surface area contributed by atoms with Crippen LogP contribution >= 0.6 is 11.3 Å². The molecule has 1 heterocycles. The number of rotatable bonds is 9. The summed E-state index contributed by atoms with van der Waals surface area (Å²) < 4.78 is 32.7. The number of sulfonamides is 1. The molecule has 1 aromatic heterocycles. The van der Waals surface area contributed by atoms with Gasteiger partial charge < -0.3 is 10.1 Å². The number of anilines is 2. The lowest BCUT2D eigenvalue weighted by molar-refractivity contribution is -0.116. The van der Waals surface area contributed by atoms with Crippen molar-refractivity contribution >= 4 is 38.1 Å². The molecule has 0 radical (unpaired) electrons. The van der Waals surface area contributed by atoms with Crippen LogP contribution in [0.2, 0.25) is 0 Å². The van der Waals surface area contributed by atoms with Crippen LogP contribution in [0.15, 0.2) is 65.0 Å². The van der Waals surface area contributed by atoms with Gasteiger partial charge in [0.2, 0.25) is 5.91 Å². The highest BCUT2D eigenvalue weighted by molar-refractivity contribution is 7.93. The predicted molar refractivity (Wildman–Crippen MR) is 114 cm³/mol. The fourth-order valence-electron chi connectivity index (χ4n) is 2.52. The number of carbonyl (C=O) groups excluding carboxylic acids is 1. The van der Waals surface area contributed by atoms with E-state index in [9.17, 15) is 13.2 Å². The summed E-state index contributed by atoms with van der Waals surface area (Å²) in [5.41, 5.74) is 1.58. The van der Waals surface area contributed by atoms with Crippen molar-refractivity contribution in [2.24, 2.45) is 0 Å². The number of para-hydroxylation sites is 1. The Kier molecular flexibility index (Phi) is 6.84. The Bertz CT molecular complexity index is 1050. The lowest BCUT2D eigenvalue weighted by Gasteiger charge is -2.09. The number of amides is 1. The van der Waals surface area contributed by atoms with E-state index in [0.29, 0.717) is 30.3 Å². The van der Waals surface area contributed by atoms with Gasteiger partial charge in [-0.2, -0.15) is 0 Å². The third-order valence-corrected chi connectivity index (χ3v) is 6.17. The molecule has 7 nitrogen and oxygen atoms in total. The largest absolute Gasteiger partial charge is 0.493 e. The quantitative estimate of drug-likeness (QED) is 0.498. The van der Waals surface area contributed by atoms with Gasteiger partial charge in [-0.15, -0.1) is 11.3 Å². The summed E-state index contributed by atoms with van der Waals surface area (Å²) in [4.78, 5) is 16.1. The highest BCUT2D eigenvalue weighted by Crippen LogP contribution is 2.20. The molecule has 0 aliphatic carbocycles. The van der Waals surface area contributed by atoms with Crippen molar-refractivity contribution in [3.63, 3.8) is 0 Å². The molecule has 0 fully saturated rings. The van der Waals surface area contributed by atoms with E-state index in [4.69, 9.17) is 4.74 Å². The van der Waals surface area contributed by atoms with E-state index in [1.807, 2.05) is 31.2 Å². The first kappa shape index (κ1) is 20.8. The molecule has 29 heavy (non-hydrogen) atoms. The number of hydrogen-bond donors (Lipinski definition) is 2. The number of nitrogens with zero attached hydrogens (tertiary/aromatic N) is 1. The molecule has 152 valence electrons. The molecule has 1 amide bonds. The van der Waals surface area contributed by atoms with E-state index in [1.54, 1.807) is 17.5 Å². The SMILES string of the molecule is Cc1ccccc1OCCCC(=O)Nc1ccc(S(=O)(=O)Nc2nccs2)cc1. The molecule has 0 spiro atoms. The Balaban J connectivity index is 1.46. The summed E-state index contributed by atoms with van der Waals surface area (Å²) in [7, 11) is -3.71. The van der Waals surface area contributed by atoms with Gasteiger partial charge in [-0.3, -0.25) is 9.52 Å². The van der Waals surface area contributed by atoms with E-state index in [1.165, 1.54) is 29.7 Å². The average Bonchev–Trinajstić information content (AvgIpc) is 3.19. The number of aromatic nitrogens is 1. The van der Waals surface area contributed by atoms with E-state index in [0.717, 1.165) is 11.3 Å². The van der Waals surface area contributed by atoms with Crippen LogP contribution in [0.1, 0.15) is 18.4 Å². The second-order valence-corrected chi connectivity index (χ2v) is 8.81. The van der Waals surface area contributed by atoms with Crippen LogP contribution in [0, 0.1) is 6.92 Å². The molecular formula is C20H21N3O4S2. The van der Waals surface area contributed by atoms with Gasteiger partial charge in [0.15, 0.2) is 5.13 Å². The van der Waals surface area contributed by atoms with E-state index >= 15 is 0 Å². The zero-order chi connectivity index (χ0) is 20.7. The minimum absolute atomic E-state index is 0.0947. The smallest absolute Gasteiger partial charge is 0.263 e. The van der Waals surface area contributed by atoms with Crippen LogP contribution in [0.3, 0.4) is 0 Å². The molecule has 0 saturated carbocycles. The summed E-state index contributed by atoms with van der Waals surface area (Å²) in [6, 6.07) is 13.7. The number of nitrogens with one attached hydrogen (secondary N) is 2. The molecule has 0 unspecified atom stereocenters. The van der Waals surface area contributed by atoms with E-state index in [2.05, 4.69) is 15.0 Å². The highest BCUT2D eigenvalue weighted by Gasteiger charge is 2.15. The maximum atomic E-state index is 12.3. The first-order valence-electron chi connectivity index (χ1n) is 8.95. The lowest BCUT2D eigenvalue weighted by Crippen LogP contribution is -2.14. The molecule has 0 atom stereocenters. The average molecular weight is 432 g/mol. The monoisotopic (exact) mass is 431 g/mol.